The van der Waals surface area contributed by atoms with Gasteiger partial charge in [0.25, 0.3) is 5.91 Å². The van der Waals surface area contributed by atoms with Gasteiger partial charge in [0.15, 0.2) is 0 Å². The maximum atomic E-state index is 13.3. The fourth-order valence-corrected chi connectivity index (χ4v) is 4.21. The third kappa shape index (κ3) is 5.53. The molecule has 0 aliphatic rings. The Kier molecular flexibility index (Phi) is 7.30. The van der Waals surface area contributed by atoms with Gasteiger partial charge in [-0.05, 0) is 73.9 Å². The molecule has 3 aromatic rings. The number of aryl methyl sites for hydroxylation is 1. The van der Waals surface area contributed by atoms with Crippen LogP contribution in [-0.4, -0.2) is 25.3 Å². The lowest BCUT2D eigenvalue weighted by Crippen LogP contribution is -2.38. The summed E-state index contributed by atoms with van der Waals surface area (Å²) in [6.45, 7) is 6.19. The first-order valence-electron chi connectivity index (χ1n) is 10.4. The lowest BCUT2D eigenvalue weighted by Gasteiger charge is -2.29. The van der Waals surface area contributed by atoms with Crippen LogP contribution >= 0.6 is 0 Å². The zero-order valence-electron chi connectivity index (χ0n) is 18.3. The van der Waals surface area contributed by atoms with Crippen molar-refractivity contribution in [2.24, 2.45) is 0 Å². The average Bonchev–Trinajstić information content (AvgIpc) is 2.77. The van der Waals surface area contributed by atoms with Crippen molar-refractivity contribution >= 4 is 16.0 Å². The van der Waals surface area contributed by atoms with Gasteiger partial charge in [-0.1, -0.05) is 37.3 Å². The van der Waals surface area contributed by atoms with Gasteiger partial charge in [-0.3, -0.25) is 4.79 Å². The van der Waals surface area contributed by atoms with Crippen molar-refractivity contribution in [3.05, 3.63) is 95.3 Å². The van der Waals surface area contributed by atoms with Crippen molar-refractivity contribution in [1.82, 2.24) is 4.90 Å². The predicted octanol–water partition coefficient (Wildman–Crippen LogP) is 5.34. The van der Waals surface area contributed by atoms with E-state index in [4.69, 9.17) is 4.18 Å². The lowest BCUT2D eigenvalue weighted by atomic mass is 10.1. The van der Waals surface area contributed by atoms with Gasteiger partial charge >= 0.3 is 10.1 Å². The minimum Gasteiger partial charge on any atom is -0.379 e. The second-order valence-corrected chi connectivity index (χ2v) is 9.19. The highest BCUT2D eigenvalue weighted by atomic mass is 32.2. The number of nitrogens with zero attached hydrogens (tertiary/aromatic N) is 1. The first-order valence-corrected chi connectivity index (χ1v) is 11.8. The van der Waals surface area contributed by atoms with Gasteiger partial charge in [0.05, 0.1) is 0 Å². The van der Waals surface area contributed by atoms with Crippen LogP contribution < -0.4 is 4.18 Å². The SMILES string of the molecule is CCC(C)N(Cc1cccc(OS(=O)(=O)c2ccc(F)cc2)c1)C(=O)c1ccccc1C. The third-order valence-corrected chi connectivity index (χ3v) is 6.58. The molecule has 5 nitrogen and oxygen atoms in total. The number of hydrogen-bond donors (Lipinski definition) is 0. The molecule has 32 heavy (non-hydrogen) atoms. The topological polar surface area (TPSA) is 63.7 Å². The van der Waals surface area contributed by atoms with Crippen LogP contribution in [0.4, 0.5) is 4.39 Å². The zero-order chi connectivity index (χ0) is 23.3. The van der Waals surface area contributed by atoms with Crippen LogP contribution in [0.2, 0.25) is 0 Å². The van der Waals surface area contributed by atoms with Gasteiger partial charge in [-0.2, -0.15) is 8.42 Å². The molecule has 1 unspecified atom stereocenters. The molecule has 1 atom stereocenters. The lowest BCUT2D eigenvalue weighted by molar-refractivity contribution is 0.0670. The van der Waals surface area contributed by atoms with E-state index in [0.717, 1.165) is 41.8 Å². The van der Waals surface area contributed by atoms with E-state index in [-0.39, 0.29) is 22.6 Å². The van der Waals surface area contributed by atoms with Crippen LogP contribution in [-0.2, 0) is 16.7 Å². The van der Waals surface area contributed by atoms with Crippen molar-refractivity contribution in [2.75, 3.05) is 0 Å². The first kappa shape index (κ1) is 23.5. The Hall–Kier alpha value is -3.19. The van der Waals surface area contributed by atoms with Gasteiger partial charge < -0.3 is 9.08 Å². The zero-order valence-corrected chi connectivity index (χ0v) is 19.1. The smallest absolute Gasteiger partial charge is 0.339 e. The van der Waals surface area contributed by atoms with Gasteiger partial charge in [0, 0.05) is 18.2 Å². The molecule has 0 saturated carbocycles. The summed E-state index contributed by atoms with van der Waals surface area (Å²) in [5.41, 5.74) is 2.27. The Bertz CT molecular complexity index is 1190. The van der Waals surface area contributed by atoms with Crippen molar-refractivity contribution in [3.63, 3.8) is 0 Å². The number of hydrogen-bond acceptors (Lipinski definition) is 4. The second kappa shape index (κ2) is 9.96. The molecule has 1 amide bonds. The fourth-order valence-electron chi connectivity index (χ4n) is 3.28. The highest BCUT2D eigenvalue weighted by Crippen LogP contribution is 2.23. The maximum Gasteiger partial charge on any atom is 0.339 e. The molecule has 0 heterocycles. The maximum absolute atomic E-state index is 13.3. The number of rotatable bonds is 8. The number of carbonyl (C=O) groups is 1. The van der Waals surface area contributed by atoms with Crippen LogP contribution in [0, 0.1) is 12.7 Å². The highest BCUT2D eigenvalue weighted by molar-refractivity contribution is 7.87. The Labute approximate surface area is 188 Å². The summed E-state index contributed by atoms with van der Waals surface area (Å²) in [5, 5.41) is 0. The molecule has 0 radical (unpaired) electrons. The first-order chi connectivity index (χ1) is 15.2. The normalized spacial score (nSPS) is 12.2. The van der Waals surface area contributed by atoms with E-state index < -0.39 is 15.9 Å². The van der Waals surface area contributed by atoms with Crippen LogP contribution in [0.25, 0.3) is 0 Å². The molecule has 0 aromatic heterocycles. The minimum absolute atomic E-state index is 0.0189. The minimum atomic E-state index is -4.11. The predicted molar refractivity (Wildman–Crippen MR) is 121 cm³/mol. The number of carbonyl (C=O) groups excluding carboxylic acids is 1. The average molecular weight is 456 g/mol. The molecule has 7 heteroatoms. The summed E-state index contributed by atoms with van der Waals surface area (Å²) >= 11 is 0. The van der Waals surface area contributed by atoms with Crippen molar-refractivity contribution in [2.45, 2.75) is 44.7 Å². The molecule has 3 aromatic carbocycles. The van der Waals surface area contributed by atoms with E-state index in [2.05, 4.69) is 0 Å². The van der Waals surface area contributed by atoms with Gasteiger partial charge in [0.2, 0.25) is 0 Å². The van der Waals surface area contributed by atoms with Gasteiger partial charge in [-0.25, -0.2) is 4.39 Å². The molecule has 0 saturated heterocycles. The summed E-state index contributed by atoms with van der Waals surface area (Å²) in [4.78, 5) is 14.9. The molecule has 0 bridgehead atoms. The summed E-state index contributed by atoms with van der Waals surface area (Å²) in [5.74, 6) is -0.489. The van der Waals surface area contributed by atoms with Crippen LogP contribution in [0.15, 0.2) is 77.7 Å². The van der Waals surface area contributed by atoms with E-state index >= 15 is 0 Å². The van der Waals surface area contributed by atoms with E-state index in [1.54, 1.807) is 17.0 Å². The molecule has 0 aliphatic carbocycles. The standard InChI is InChI=1S/C25H26FNO4S/c1-4-19(3)27(25(28)24-11-6-5-8-18(24)2)17-20-9-7-10-22(16-20)31-32(29,30)23-14-12-21(26)13-15-23/h5-16,19H,4,17H2,1-3H3. The Balaban J connectivity index is 1.84. The number of benzene rings is 3. The van der Waals surface area contributed by atoms with Crippen molar-refractivity contribution in [1.29, 1.82) is 0 Å². The molecule has 3 rings (SSSR count). The molecule has 0 spiro atoms. The summed E-state index contributed by atoms with van der Waals surface area (Å²) in [6.07, 6.45) is 0.771. The molecule has 0 fully saturated rings. The Morgan fingerprint density at radius 1 is 1.03 bits per heavy atom. The van der Waals surface area contributed by atoms with E-state index in [9.17, 15) is 17.6 Å². The van der Waals surface area contributed by atoms with Crippen molar-refractivity contribution in [3.8, 4) is 5.75 Å². The second-order valence-electron chi connectivity index (χ2n) is 7.64. The monoisotopic (exact) mass is 455 g/mol. The van der Waals surface area contributed by atoms with E-state index in [1.165, 1.54) is 6.07 Å². The van der Waals surface area contributed by atoms with Gasteiger partial charge in [-0.15, -0.1) is 0 Å². The number of halogens is 1. The molecule has 0 N–H and O–H groups in total. The van der Waals surface area contributed by atoms with Gasteiger partial charge in [0.1, 0.15) is 16.5 Å². The van der Waals surface area contributed by atoms with E-state index in [0.29, 0.717) is 12.1 Å². The van der Waals surface area contributed by atoms with Crippen LogP contribution in [0.3, 0.4) is 0 Å². The quantitative estimate of drug-likeness (QED) is 0.430. The summed E-state index contributed by atoms with van der Waals surface area (Å²) in [7, 11) is -4.11. The van der Waals surface area contributed by atoms with E-state index in [1.807, 2.05) is 51.1 Å². The van der Waals surface area contributed by atoms with Crippen LogP contribution in [0.5, 0.6) is 5.75 Å². The molecule has 0 aliphatic heterocycles. The summed E-state index contributed by atoms with van der Waals surface area (Å²) in [6, 6.07) is 18.5. The molecular weight excluding hydrogens is 429 g/mol. The highest BCUT2D eigenvalue weighted by Gasteiger charge is 2.23. The van der Waals surface area contributed by atoms with Crippen LogP contribution in [0.1, 0.15) is 41.8 Å². The fraction of sp³-hybridized carbons (Fsp3) is 0.240. The Morgan fingerprint density at radius 2 is 1.72 bits per heavy atom. The Morgan fingerprint density at radius 3 is 2.38 bits per heavy atom. The molecular formula is C25H26FNO4S. The van der Waals surface area contributed by atoms with Crippen molar-refractivity contribution < 1.29 is 21.8 Å². The third-order valence-electron chi connectivity index (χ3n) is 5.32. The number of amides is 1. The summed E-state index contributed by atoms with van der Waals surface area (Å²) < 4.78 is 43.4. The largest absolute Gasteiger partial charge is 0.379 e. The molecule has 168 valence electrons.